The van der Waals surface area contributed by atoms with E-state index in [1.807, 2.05) is 0 Å². The second-order valence-corrected chi connectivity index (χ2v) is 7.73. The highest BCUT2D eigenvalue weighted by Crippen LogP contribution is 2.28. The van der Waals surface area contributed by atoms with Crippen LogP contribution in [0.5, 0.6) is 0 Å². The summed E-state index contributed by atoms with van der Waals surface area (Å²) in [5.41, 5.74) is 4.27. The number of fused-ring (bicyclic) bond motifs is 1. The number of hydrogen-bond acceptors (Lipinski definition) is 7. The Labute approximate surface area is 166 Å². The molecule has 0 bridgehead atoms. The van der Waals surface area contributed by atoms with Crippen molar-refractivity contribution in [2.45, 2.75) is 13.0 Å². The van der Waals surface area contributed by atoms with E-state index in [0.29, 0.717) is 0 Å². The van der Waals surface area contributed by atoms with Gasteiger partial charge in [0.1, 0.15) is 18.0 Å². The number of rotatable bonds is 4. The third kappa shape index (κ3) is 3.64. The zero-order valence-corrected chi connectivity index (χ0v) is 16.3. The molecule has 0 aliphatic carbocycles. The maximum absolute atomic E-state index is 5.45. The molecule has 3 aliphatic rings. The van der Waals surface area contributed by atoms with Crippen molar-refractivity contribution in [1.29, 1.82) is 0 Å². The molecule has 1 aromatic heterocycles. The van der Waals surface area contributed by atoms with Crippen LogP contribution in [0, 0.1) is 0 Å². The Hall–Kier alpha value is -2.38. The lowest BCUT2D eigenvalue weighted by molar-refractivity contribution is 0.122. The van der Waals surface area contributed by atoms with Crippen molar-refractivity contribution < 1.29 is 4.74 Å². The van der Waals surface area contributed by atoms with Crippen LogP contribution in [0.3, 0.4) is 0 Å². The second kappa shape index (κ2) is 7.93. The van der Waals surface area contributed by atoms with E-state index in [1.54, 1.807) is 6.33 Å². The van der Waals surface area contributed by atoms with Gasteiger partial charge in [0.25, 0.3) is 0 Å². The molecular formula is C21H28N6O. The molecule has 7 heteroatoms. The predicted octanol–water partition coefficient (Wildman–Crippen LogP) is 1.60. The highest BCUT2D eigenvalue weighted by atomic mass is 16.5. The molecule has 4 heterocycles. The predicted molar refractivity (Wildman–Crippen MR) is 111 cm³/mol. The molecule has 2 fully saturated rings. The summed E-state index contributed by atoms with van der Waals surface area (Å²) in [6.45, 7) is 9.56. The van der Waals surface area contributed by atoms with E-state index in [1.165, 1.54) is 16.8 Å². The lowest BCUT2D eigenvalue weighted by atomic mass is 10.1. The van der Waals surface area contributed by atoms with Crippen LogP contribution in [0.4, 0.5) is 17.3 Å². The average molecular weight is 380 g/mol. The number of nitrogens with one attached hydrogen (secondary N) is 1. The lowest BCUT2D eigenvalue weighted by Gasteiger charge is -2.36. The topological polar surface area (TPSA) is 56.8 Å². The summed E-state index contributed by atoms with van der Waals surface area (Å²) in [5.74, 6) is 2.06. The number of hydrogen-bond donors (Lipinski definition) is 1. The Kier molecular flexibility index (Phi) is 5.01. The van der Waals surface area contributed by atoms with E-state index in [2.05, 4.69) is 54.2 Å². The van der Waals surface area contributed by atoms with Crippen LogP contribution >= 0.6 is 0 Å². The highest BCUT2D eigenvalue weighted by Gasteiger charge is 2.22. The summed E-state index contributed by atoms with van der Waals surface area (Å²) >= 11 is 0. The van der Waals surface area contributed by atoms with Crippen LogP contribution in [0.1, 0.15) is 11.1 Å². The van der Waals surface area contributed by atoms with Crippen LogP contribution in [0.2, 0.25) is 0 Å². The Morgan fingerprint density at radius 1 is 0.929 bits per heavy atom. The zero-order valence-electron chi connectivity index (χ0n) is 16.3. The molecule has 2 aromatic rings. The van der Waals surface area contributed by atoms with Gasteiger partial charge in [-0.05, 0) is 17.5 Å². The lowest BCUT2D eigenvalue weighted by Crippen LogP contribution is -2.46. The molecule has 0 atom stereocenters. The van der Waals surface area contributed by atoms with Crippen LogP contribution in [0.25, 0.3) is 0 Å². The molecule has 148 valence electrons. The van der Waals surface area contributed by atoms with E-state index in [9.17, 15) is 0 Å². The maximum Gasteiger partial charge on any atom is 0.134 e. The van der Waals surface area contributed by atoms with Gasteiger partial charge in [-0.3, -0.25) is 4.90 Å². The molecule has 0 unspecified atom stereocenters. The van der Waals surface area contributed by atoms with Crippen molar-refractivity contribution in [3.8, 4) is 0 Å². The van der Waals surface area contributed by atoms with Gasteiger partial charge in [-0.15, -0.1) is 0 Å². The van der Waals surface area contributed by atoms with Crippen molar-refractivity contribution in [2.24, 2.45) is 0 Å². The number of benzene rings is 1. The highest BCUT2D eigenvalue weighted by molar-refractivity contribution is 5.61. The van der Waals surface area contributed by atoms with E-state index in [0.717, 1.165) is 83.6 Å². The monoisotopic (exact) mass is 380 g/mol. The van der Waals surface area contributed by atoms with Gasteiger partial charge in [0.05, 0.1) is 13.2 Å². The van der Waals surface area contributed by atoms with Gasteiger partial charge in [-0.25, -0.2) is 9.97 Å². The second-order valence-electron chi connectivity index (χ2n) is 7.73. The van der Waals surface area contributed by atoms with Crippen molar-refractivity contribution in [2.75, 3.05) is 74.1 Å². The van der Waals surface area contributed by atoms with Crippen molar-refractivity contribution in [1.82, 2.24) is 14.9 Å². The SMILES string of the molecule is c1cc2c(c(CN3CCN(c4cc(N5CCOCC5)ncn4)CC3)c1)NCC2. The van der Waals surface area contributed by atoms with Crippen molar-refractivity contribution >= 4 is 17.3 Å². The first-order valence-corrected chi connectivity index (χ1v) is 10.3. The molecule has 0 amide bonds. The third-order valence-corrected chi connectivity index (χ3v) is 6.00. The number of aromatic nitrogens is 2. The quantitative estimate of drug-likeness (QED) is 0.865. The Morgan fingerprint density at radius 2 is 1.68 bits per heavy atom. The fourth-order valence-electron chi connectivity index (χ4n) is 4.39. The third-order valence-electron chi connectivity index (χ3n) is 6.00. The molecule has 0 radical (unpaired) electrons. The number of anilines is 3. The summed E-state index contributed by atoms with van der Waals surface area (Å²) in [6.07, 6.45) is 2.85. The first-order chi connectivity index (χ1) is 13.9. The first kappa shape index (κ1) is 17.7. The van der Waals surface area contributed by atoms with Gasteiger partial charge >= 0.3 is 0 Å². The number of nitrogens with zero attached hydrogens (tertiary/aromatic N) is 5. The van der Waals surface area contributed by atoms with Gasteiger partial charge in [0.15, 0.2) is 0 Å². The summed E-state index contributed by atoms with van der Waals surface area (Å²) in [6, 6.07) is 8.85. The van der Waals surface area contributed by atoms with E-state index >= 15 is 0 Å². The molecular weight excluding hydrogens is 352 g/mol. The average Bonchev–Trinajstić information content (AvgIpc) is 3.25. The van der Waals surface area contributed by atoms with E-state index in [4.69, 9.17) is 4.74 Å². The Bertz CT molecular complexity index is 814. The van der Waals surface area contributed by atoms with Gasteiger partial charge in [-0.2, -0.15) is 0 Å². The van der Waals surface area contributed by atoms with Gasteiger partial charge in [0.2, 0.25) is 0 Å². The van der Waals surface area contributed by atoms with Gasteiger partial charge in [0, 0.05) is 64.1 Å². The molecule has 0 saturated carbocycles. The van der Waals surface area contributed by atoms with E-state index in [-0.39, 0.29) is 0 Å². The van der Waals surface area contributed by atoms with E-state index < -0.39 is 0 Å². The molecule has 1 N–H and O–H groups in total. The Balaban J connectivity index is 1.21. The van der Waals surface area contributed by atoms with Crippen molar-refractivity contribution in [3.63, 3.8) is 0 Å². The van der Waals surface area contributed by atoms with Crippen LogP contribution in [-0.2, 0) is 17.7 Å². The minimum atomic E-state index is 0.774. The number of para-hydroxylation sites is 1. The molecule has 2 saturated heterocycles. The number of ether oxygens (including phenoxy) is 1. The molecule has 5 rings (SSSR count). The zero-order chi connectivity index (χ0) is 18.8. The van der Waals surface area contributed by atoms with Crippen molar-refractivity contribution in [3.05, 3.63) is 41.7 Å². The largest absolute Gasteiger partial charge is 0.384 e. The summed E-state index contributed by atoms with van der Waals surface area (Å²) in [4.78, 5) is 16.2. The normalized spacial score (nSPS) is 20.1. The molecule has 1 aromatic carbocycles. The van der Waals surface area contributed by atoms with Crippen LogP contribution in [-0.4, -0.2) is 73.9 Å². The van der Waals surface area contributed by atoms with Gasteiger partial charge in [-0.1, -0.05) is 18.2 Å². The first-order valence-electron chi connectivity index (χ1n) is 10.3. The standard InChI is InChI=1S/C21H28N6O/c1-2-17-4-5-22-21(17)18(3-1)15-25-6-8-26(9-7-25)19-14-20(24-16-23-19)27-10-12-28-13-11-27/h1-3,14,16,22H,4-13,15H2. The summed E-state index contributed by atoms with van der Waals surface area (Å²) < 4.78 is 5.45. The molecule has 28 heavy (non-hydrogen) atoms. The number of morpholine rings is 1. The molecule has 0 spiro atoms. The molecule has 3 aliphatic heterocycles. The molecule has 7 nitrogen and oxygen atoms in total. The maximum atomic E-state index is 5.45. The minimum absolute atomic E-state index is 0.774. The fourth-order valence-corrected chi connectivity index (χ4v) is 4.39. The fraction of sp³-hybridized carbons (Fsp3) is 0.524. The summed E-state index contributed by atoms with van der Waals surface area (Å²) in [5, 5.41) is 3.56. The number of piperazine rings is 1. The Morgan fingerprint density at radius 3 is 2.46 bits per heavy atom. The van der Waals surface area contributed by atoms with Gasteiger partial charge < -0.3 is 19.9 Å². The minimum Gasteiger partial charge on any atom is -0.384 e. The van der Waals surface area contributed by atoms with Crippen LogP contribution < -0.4 is 15.1 Å². The summed E-state index contributed by atoms with van der Waals surface area (Å²) in [7, 11) is 0. The van der Waals surface area contributed by atoms with Crippen LogP contribution in [0.15, 0.2) is 30.6 Å². The smallest absolute Gasteiger partial charge is 0.134 e.